The fourth-order valence-corrected chi connectivity index (χ4v) is 3.04. The van der Waals surface area contributed by atoms with Crippen molar-refractivity contribution in [3.8, 4) is 11.8 Å². The molecule has 0 amide bonds. The Morgan fingerprint density at radius 2 is 2.25 bits per heavy atom. The molecule has 2 aliphatic rings. The number of nitrogens with zero attached hydrogens (tertiary/aromatic N) is 2. The van der Waals surface area contributed by atoms with Crippen LogP contribution in [0, 0.1) is 17.2 Å². The smallest absolute Gasteiger partial charge is 0.123 e. The van der Waals surface area contributed by atoms with Crippen LogP contribution in [0.3, 0.4) is 0 Å². The van der Waals surface area contributed by atoms with Crippen LogP contribution >= 0.6 is 0 Å². The average Bonchev–Trinajstić information content (AvgIpc) is 3.31. The predicted octanol–water partition coefficient (Wildman–Crippen LogP) is 1.77. The van der Waals surface area contributed by atoms with E-state index in [4.69, 9.17) is 4.74 Å². The number of hydrogen-bond donors (Lipinski definition) is 1. The molecule has 1 N–H and O–H groups in total. The number of benzene rings is 1. The molecule has 4 nitrogen and oxygen atoms in total. The van der Waals surface area contributed by atoms with Crippen molar-refractivity contribution in [2.45, 2.75) is 24.9 Å². The minimum absolute atomic E-state index is 0.403. The quantitative estimate of drug-likeness (QED) is 0.906. The zero-order chi connectivity index (χ0) is 14.0. The lowest BCUT2D eigenvalue weighted by atomic mass is 9.94. The lowest BCUT2D eigenvalue weighted by molar-refractivity contribution is 0.178. The summed E-state index contributed by atoms with van der Waals surface area (Å²) >= 11 is 0. The maximum Gasteiger partial charge on any atom is 0.123 e. The molecule has 1 aliphatic heterocycles. The minimum atomic E-state index is -0.403. The molecule has 1 saturated carbocycles. The Labute approximate surface area is 120 Å². The van der Waals surface area contributed by atoms with Crippen molar-refractivity contribution in [3.05, 3.63) is 29.8 Å². The Bertz CT molecular complexity index is 521. The molecule has 0 radical (unpaired) electrons. The molecule has 0 saturated heterocycles. The van der Waals surface area contributed by atoms with Crippen molar-refractivity contribution in [1.29, 1.82) is 5.26 Å². The molecule has 3 rings (SSSR count). The molecule has 1 aromatic rings. The normalized spacial score (nSPS) is 22.0. The third kappa shape index (κ3) is 2.52. The molecule has 0 bridgehead atoms. The van der Waals surface area contributed by atoms with Crippen LogP contribution in [0.25, 0.3) is 0 Å². The van der Waals surface area contributed by atoms with Gasteiger partial charge in [0, 0.05) is 25.2 Å². The first-order valence-electron chi connectivity index (χ1n) is 7.30. The van der Waals surface area contributed by atoms with Crippen LogP contribution in [0.15, 0.2) is 24.3 Å². The van der Waals surface area contributed by atoms with E-state index in [-0.39, 0.29) is 0 Å². The lowest BCUT2D eigenvalue weighted by Crippen LogP contribution is -2.53. The van der Waals surface area contributed by atoms with Gasteiger partial charge in [-0.1, -0.05) is 18.2 Å². The van der Waals surface area contributed by atoms with E-state index in [2.05, 4.69) is 22.4 Å². The number of ether oxygens (including phenoxy) is 1. The van der Waals surface area contributed by atoms with Crippen molar-refractivity contribution in [1.82, 2.24) is 10.2 Å². The number of nitrogens with one attached hydrogen (secondary N) is 1. The Morgan fingerprint density at radius 1 is 1.45 bits per heavy atom. The van der Waals surface area contributed by atoms with Gasteiger partial charge in [0.15, 0.2) is 0 Å². The van der Waals surface area contributed by atoms with Gasteiger partial charge in [0.25, 0.3) is 0 Å². The van der Waals surface area contributed by atoms with Crippen LogP contribution in [0.4, 0.5) is 0 Å². The van der Waals surface area contributed by atoms with Crippen molar-refractivity contribution in [2.75, 3.05) is 26.7 Å². The van der Waals surface area contributed by atoms with Crippen molar-refractivity contribution in [2.24, 2.45) is 5.92 Å². The molecular formula is C16H21N3O. The van der Waals surface area contributed by atoms with Crippen LogP contribution in [-0.2, 0) is 6.54 Å². The van der Waals surface area contributed by atoms with E-state index < -0.39 is 5.54 Å². The van der Waals surface area contributed by atoms with Crippen molar-refractivity contribution in [3.63, 3.8) is 0 Å². The maximum atomic E-state index is 9.61. The van der Waals surface area contributed by atoms with Gasteiger partial charge in [-0.2, -0.15) is 5.26 Å². The molecule has 1 heterocycles. The summed E-state index contributed by atoms with van der Waals surface area (Å²) in [6.45, 7) is 3.18. The summed E-state index contributed by atoms with van der Waals surface area (Å²) < 4.78 is 5.79. The van der Waals surface area contributed by atoms with Crippen LogP contribution in [0.1, 0.15) is 18.4 Å². The maximum absolute atomic E-state index is 9.61. The highest BCUT2D eigenvalue weighted by atomic mass is 16.5. The second-order valence-corrected chi connectivity index (χ2v) is 5.77. The molecule has 1 aliphatic carbocycles. The van der Waals surface area contributed by atoms with E-state index >= 15 is 0 Å². The van der Waals surface area contributed by atoms with Gasteiger partial charge in [0.05, 0.1) is 6.07 Å². The Morgan fingerprint density at radius 3 is 2.95 bits per heavy atom. The Hall–Kier alpha value is -1.57. The van der Waals surface area contributed by atoms with Gasteiger partial charge in [0.2, 0.25) is 0 Å². The first kappa shape index (κ1) is 13.4. The van der Waals surface area contributed by atoms with Gasteiger partial charge in [-0.3, -0.25) is 4.90 Å². The first-order chi connectivity index (χ1) is 9.77. The van der Waals surface area contributed by atoms with Gasteiger partial charge < -0.3 is 10.1 Å². The number of fused-ring (bicyclic) bond motifs is 1. The summed E-state index contributed by atoms with van der Waals surface area (Å²) in [5.74, 6) is 1.48. The molecule has 4 heteroatoms. The van der Waals surface area contributed by atoms with Crippen LogP contribution in [0.2, 0.25) is 0 Å². The summed E-state index contributed by atoms with van der Waals surface area (Å²) in [4.78, 5) is 2.34. The van der Waals surface area contributed by atoms with Crippen LogP contribution in [0.5, 0.6) is 5.75 Å². The first-order valence-corrected chi connectivity index (χ1v) is 7.30. The molecule has 106 valence electrons. The highest BCUT2D eigenvalue weighted by Gasteiger charge is 2.45. The van der Waals surface area contributed by atoms with Crippen LogP contribution < -0.4 is 10.1 Å². The van der Waals surface area contributed by atoms with Gasteiger partial charge in [-0.25, -0.2) is 0 Å². The van der Waals surface area contributed by atoms with Crippen molar-refractivity contribution < 1.29 is 4.74 Å². The number of para-hydroxylation sites is 1. The molecule has 0 spiro atoms. The minimum Gasteiger partial charge on any atom is -0.492 e. The largest absolute Gasteiger partial charge is 0.492 e. The number of hydrogen-bond acceptors (Lipinski definition) is 4. The molecule has 1 atom stereocenters. The van der Waals surface area contributed by atoms with Crippen molar-refractivity contribution >= 4 is 0 Å². The fourth-order valence-electron chi connectivity index (χ4n) is 3.04. The van der Waals surface area contributed by atoms with Gasteiger partial charge in [-0.05, 0) is 31.9 Å². The second-order valence-electron chi connectivity index (χ2n) is 5.77. The lowest BCUT2D eigenvalue weighted by Gasteiger charge is -2.32. The van der Waals surface area contributed by atoms with Gasteiger partial charge in [0.1, 0.15) is 17.9 Å². The van der Waals surface area contributed by atoms with E-state index in [1.54, 1.807) is 0 Å². The summed E-state index contributed by atoms with van der Waals surface area (Å²) in [5.41, 5.74) is 0.808. The third-order valence-corrected chi connectivity index (χ3v) is 4.42. The molecule has 1 fully saturated rings. The van der Waals surface area contributed by atoms with E-state index in [0.717, 1.165) is 38.2 Å². The fraction of sp³-hybridized carbons (Fsp3) is 0.562. The third-order valence-electron chi connectivity index (χ3n) is 4.42. The number of nitriles is 1. The topological polar surface area (TPSA) is 48.3 Å². The molecule has 1 aromatic carbocycles. The number of rotatable bonds is 4. The molecule has 20 heavy (non-hydrogen) atoms. The second kappa shape index (κ2) is 5.43. The van der Waals surface area contributed by atoms with E-state index in [0.29, 0.717) is 12.5 Å². The summed E-state index contributed by atoms with van der Waals surface area (Å²) in [5, 5.41) is 12.9. The Kier molecular flexibility index (Phi) is 3.64. The summed E-state index contributed by atoms with van der Waals surface area (Å²) in [6, 6.07) is 10.7. The zero-order valence-corrected chi connectivity index (χ0v) is 11.9. The van der Waals surface area contributed by atoms with E-state index in [9.17, 15) is 5.26 Å². The highest BCUT2D eigenvalue weighted by Crippen LogP contribution is 2.40. The summed E-state index contributed by atoms with van der Waals surface area (Å²) in [7, 11) is 1.91. The monoisotopic (exact) mass is 271 g/mol. The standard InChI is InChI=1S/C16H21N3O/c1-18-16(11-17,14-6-7-14)12-19-8-9-20-15-5-3-2-4-13(15)10-19/h2-5,14,18H,6-10,12H2,1H3. The van der Waals surface area contributed by atoms with Gasteiger partial charge in [-0.15, -0.1) is 0 Å². The zero-order valence-electron chi connectivity index (χ0n) is 11.9. The highest BCUT2D eigenvalue weighted by molar-refractivity contribution is 5.34. The van der Waals surface area contributed by atoms with Gasteiger partial charge >= 0.3 is 0 Å². The molecule has 1 unspecified atom stereocenters. The number of likely N-dealkylation sites (N-methyl/N-ethyl adjacent to an activating group) is 1. The van der Waals surface area contributed by atoms with E-state index in [1.807, 2.05) is 25.2 Å². The predicted molar refractivity (Wildman–Crippen MR) is 77.3 cm³/mol. The molecule has 0 aromatic heterocycles. The molecular weight excluding hydrogens is 250 g/mol. The Balaban J connectivity index is 1.76. The van der Waals surface area contributed by atoms with E-state index in [1.165, 1.54) is 5.56 Å². The van der Waals surface area contributed by atoms with Crippen LogP contribution in [-0.4, -0.2) is 37.2 Å². The average molecular weight is 271 g/mol. The summed E-state index contributed by atoms with van der Waals surface area (Å²) in [6.07, 6.45) is 2.32. The SMILES string of the molecule is CNC(C#N)(CN1CCOc2ccccc2C1)C1CC1.